The number of hydrogen-bond donors (Lipinski definition) is 1. The Balaban J connectivity index is 2.18. The highest BCUT2D eigenvalue weighted by molar-refractivity contribution is 7.69. The van der Waals surface area contributed by atoms with E-state index in [1.54, 1.807) is 6.92 Å². The fourth-order valence-corrected chi connectivity index (χ4v) is 5.43. The molecule has 1 aliphatic rings. The van der Waals surface area contributed by atoms with Gasteiger partial charge < -0.3 is 9.63 Å². The molecule has 22 heavy (non-hydrogen) atoms. The van der Waals surface area contributed by atoms with Gasteiger partial charge in [-0.3, -0.25) is 4.57 Å². The lowest BCUT2D eigenvalue weighted by Crippen LogP contribution is -2.35. The number of rotatable bonds is 4. The highest BCUT2D eigenvalue weighted by atomic mass is 31.2. The molecule has 0 radical (unpaired) electrons. The minimum Gasteiger partial charge on any atom is -0.437 e. The van der Waals surface area contributed by atoms with E-state index in [1.807, 2.05) is 48.5 Å². The van der Waals surface area contributed by atoms with E-state index < -0.39 is 12.7 Å². The van der Waals surface area contributed by atoms with Crippen molar-refractivity contribution < 1.29 is 14.2 Å². The van der Waals surface area contributed by atoms with Crippen molar-refractivity contribution in [2.24, 2.45) is 0 Å². The van der Waals surface area contributed by atoms with E-state index in [2.05, 4.69) is 6.92 Å². The molecule has 2 atom stereocenters. The van der Waals surface area contributed by atoms with Crippen LogP contribution in [0.15, 0.2) is 48.5 Å². The van der Waals surface area contributed by atoms with Crippen molar-refractivity contribution in [3.05, 3.63) is 48.5 Å². The molecule has 116 valence electrons. The van der Waals surface area contributed by atoms with Crippen LogP contribution in [0.5, 0.6) is 5.75 Å². The third-order valence-corrected chi connectivity index (χ3v) is 7.23. The van der Waals surface area contributed by atoms with E-state index >= 15 is 0 Å². The van der Waals surface area contributed by atoms with Crippen molar-refractivity contribution in [2.75, 3.05) is 0 Å². The average Bonchev–Trinajstić information content (AvgIpc) is 2.53. The first-order valence-corrected chi connectivity index (χ1v) is 9.33. The Kier molecular flexibility index (Phi) is 3.88. The van der Waals surface area contributed by atoms with Gasteiger partial charge in [-0.25, -0.2) is 0 Å². The summed E-state index contributed by atoms with van der Waals surface area (Å²) in [7, 11) is -3.41. The molecule has 1 N–H and O–H groups in total. The average molecular weight is 316 g/mol. The van der Waals surface area contributed by atoms with Gasteiger partial charge in [-0.05, 0) is 31.0 Å². The van der Waals surface area contributed by atoms with Gasteiger partial charge in [0.2, 0.25) is 0 Å². The molecular formula is C18H21O3P. The quantitative estimate of drug-likeness (QED) is 0.842. The van der Waals surface area contributed by atoms with E-state index in [9.17, 15) is 9.67 Å². The smallest absolute Gasteiger partial charge is 0.308 e. The molecule has 0 bridgehead atoms. The fraction of sp³-hybridized carbons (Fsp3) is 0.333. The minimum atomic E-state index is -3.41. The summed E-state index contributed by atoms with van der Waals surface area (Å²) in [6.45, 7) is 3.69. The Morgan fingerprint density at radius 3 is 2.45 bits per heavy atom. The Bertz CT molecular complexity index is 737. The zero-order chi connectivity index (χ0) is 15.8. The fourth-order valence-electron chi connectivity index (χ4n) is 2.93. The number of unbranched alkanes of at least 4 members (excludes halogenated alkanes) is 1. The first-order chi connectivity index (χ1) is 10.5. The molecule has 3 nitrogen and oxygen atoms in total. The number of fused-ring (bicyclic) bond motifs is 3. The largest absolute Gasteiger partial charge is 0.437 e. The first kappa shape index (κ1) is 15.3. The van der Waals surface area contributed by atoms with Gasteiger partial charge in [0, 0.05) is 5.56 Å². The maximum absolute atomic E-state index is 13.7. The maximum Gasteiger partial charge on any atom is 0.308 e. The molecule has 4 heteroatoms. The predicted molar refractivity (Wildman–Crippen MR) is 89.9 cm³/mol. The molecule has 0 saturated heterocycles. The van der Waals surface area contributed by atoms with Gasteiger partial charge in [-0.2, -0.15) is 0 Å². The van der Waals surface area contributed by atoms with Crippen molar-refractivity contribution in [1.29, 1.82) is 0 Å². The summed E-state index contributed by atoms with van der Waals surface area (Å²) in [5.74, 6) is 0.585. The molecule has 0 amide bonds. The molecule has 0 aliphatic carbocycles. The van der Waals surface area contributed by atoms with E-state index in [1.165, 1.54) is 0 Å². The zero-order valence-electron chi connectivity index (χ0n) is 13.0. The van der Waals surface area contributed by atoms with E-state index in [0.717, 1.165) is 24.0 Å². The van der Waals surface area contributed by atoms with Gasteiger partial charge in [-0.15, -0.1) is 0 Å². The Hall–Kier alpha value is -1.57. The maximum atomic E-state index is 13.7. The molecular weight excluding hydrogens is 295 g/mol. The number of hydrogen-bond acceptors (Lipinski definition) is 3. The van der Waals surface area contributed by atoms with Crippen LogP contribution in [0, 0.1) is 0 Å². The van der Waals surface area contributed by atoms with Gasteiger partial charge in [0.15, 0.2) is 5.34 Å². The second-order valence-corrected chi connectivity index (χ2v) is 8.71. The van der Waals surface area contributed by atoms with Crippen LogP contribution in [0.3, 0.4) is 0 Å². The molecule has 0 spiro atoms. The van der Waals surface area contributed by atoms with Crippen molar-refractivity contribution in [3.8, 4) is 16.9 Å². The molecule has 2 aromatic carbocycles. The van der Waals surface area contributed by atoms with Crippen LogP contribution in [0.4, 0.5) is 0 Å². The molecule has 2 unspecified atom stereocenters. The summed E-state index contributed by atoms with van der Waals surface area (Å²) in [5, 5.41) is 10.2. The normalized spacial score (nSPS) is 22.1. The second kappa shape index (κ2) is 5.57. The van der Waals surface area contributed by atoms with Crippen LogP contribution >= 0.6 is 7.37 Å². The lowest BCUT2D eigenvalue weighted by Gasteiger charge is -2.37. The lowest BCUT2D eigenvalue weighted by atomic mass is 10.0. The highest BCUT2D eigenvalue weighted by Crippen LogP contribution is 2.62. The molecule has 1 heterocycles. The molecule has 0 aromatic heterocycles. The van der Waals surface area contributed by atoms with Gasteiger partial charge >= 0.3 is 7.37 Å². The molecule has 2 aromatic rings. The summed E-state index contributed by atoms with van der Waals surface area (Å²) < 4.78 is 19.6. The summed E-state index contributed by atoms with van der Waals surface area (Å²) >= 11 is 0. The van der Waals surface area contributed by atoms with E-state index in [-0.39, 0.29) is 0 Å². The van der Waals surface area contributed by atoms with Gasteiger partial charge in [0.1, 0.15) is 5.75 Å². The third-order valence-electron chi connectivity index (χ3n) is 4.26. The topological polar surface area (TPSA) is 46.5 Å². The van der Waals surface area contributed by atoms with Gasteiger partial charge in [-0.1, -0.05) is 56.2 Å². The molecule has 0 fully saturated rings. The number of para-hydroxylation sites is 1. The number of aliphatic hydroxyl groups is 1. The number of benzene rings is 2. The van der Waals surface area contributed by atoms with Crippen molar-refractivity contribution in [3.63, 3.8) is 0 Å². The van der Waals surface area contributed by atoms with Crippen LogP contribution in [-0.4, -0.2) is 10.4 Å². The first-order valence-electron chi connectivity index (χ1n) is 7.71. The van der Waals surface area contributed by atoms with E-state index in [4.69, 9.17) is 4.52 Å². The van der Waals surface area contributed by atoms with E-state index in [0.29, 0.717) is 17.5 Å². The third kappa shape index (κ3) is 2.29. The summed E-state index contributed by atoms with van der Waals surface area (Å²) in [6, 6.07) is 15.1. The SMILES string of the molecule is CCCCC(C)(O)P1(=O)Oc2ccccc2-c2ccccc21. The van der Waals surface area contributed by atoms with Crippen LogP contribution in [0.1, 0.15) is 33.1 Å². The van der Waals surface area contributed by atoms with Crippen LogP contribution in [0.25, 0.3) is 11.1 Å². The summed E-state index contributed by atoms with van der Waals surface area (Å²) in [5.41, 5.74) is 1.82. The molecule has 3 rings (SSSR count). The Morgan fingerprint density at radius 1 is 1.09 bits per heavy atom. The highest BCUT2D eigenvalue weighted by Gasteiger charge is 2.49. The van der Waals surface area contributed by atoms with Gasteiger partial charge in [0.05, 0.1) is 5.30 Å². The summed E-state index contributed by atoms with van der Waals surface area (Å²) in [6.07, 6.45) is 2.20. The molecule has 1 aliphatic heterocycles. The minimum absolute atomic E-state index is 0.456. The van der Waals surface area contributed by atoms with Gasteiger partial charge in [0.25, 0.3) is 0 Å². The zero-order valence-corrected chi connectivity index (χ0v) is 13.8. The standard InChI is InChI=1S/C18H21O3P/c1-3-4-13-18(2,19)22(20)17-12-8-6-10-15(17)14-9-5-7-11-16(14)21-22/h5-12,19H,3-4,13H2,1-2H3. The van der Waals surface area contributed by atoms with Crippen molar-refractivity contribution in [1.82, 2.24) is 0 Å². The molecule has 0 saturated carbocycles. The Morgan fingerprint density at radius 2 is 1.73 bits per heavy atom. The van der Waals surface area contributed by atoms with Crippen LogP contribution in [0.2, 0.25) is 0 Å². The summed E-state index contributed by atoms with van der Waals surface area (Å²) in [4.78, 5) is 0. The predicted octanol–water partition coefficient (Wildman–Crippen LogP) is 4.55. The second-order valence-electron chi connectivity index (χ2n) is 5.98. The Labute approximate surface area is 131 Å². The van der Waals surface area contributed by atoms with Crippen LogP contribution in [-0.2, 0) is 4.57 Å². The van der Waals surface area contributed by atoms with Crippen LogP contribution < -0.4 is 9.83 Å². The van der Waals surface area contributed by atoms with Crippen molar-refractivity contribution in [2.45, 2.75) is 38.5 Å². The monoisotopic (exact) mass is 316 g/mol. The van der Waals surface area contributed by atoms with Crippen molar-refractivity contribution >= 4 is 12.7 Å². The lowest BCUT2D eigenvalue weighted by molar-refractivity contribution is 0.120.